The van der Waals surface area contributed by atoms with E-state index in [1.165, 1.54) is 0 Å². The van der Waals surface area contributed by atoms with Crippen molar-refractivity contribution in [1.82, 2.24) is 10.3 Å². The van der Waals surface area contributed by atoms with Crippen LogP contribution in [0, 0.1) is 6.92 Å². The van der Waals surface area contributed by atoms with Crippen LogP contribution in [0.5, 0.6) is 0 Å². The fourth-order valence-electron chi connectivity index (χ4n) is 1.44. The molecule has 0 bridgehead atoms. The SMILES string of the molecule is Cc1nc2c(o1)CNC(C)C2. The summed E-state index contributed by atoms with van der Waals surface area (Å²) >= 11 is 0. The third-order valence-electron chi connectivity index (χ3n) is 2.00. The second-order valence-electron chi connectivity index (χ2n) is 3.09. The summed E-state index contributed by atoms with van der Waals surface area (Å²) in [6.07, 6.45) is 0.993. The number of hydrogen-bond donors (Lipinski definition) is 1. The Balaban J connectivity index is 2.34. The number of fused-ring (bicyclic) bond motifs is 1. The first-order valence-electron chi connectivity index (χ1n) is 3.94. The van der Waals surface area contributed by atoms with Crippen LogP contribution in [0.4, 0.5) is 0 Å². The maximum Gasteiger partial charge on any atom is 0.191 e. The van der Waals surface area contributed by atoms with Crippen molar-refractivity contribution in [2.45, 2.75) is 32.9 Å². The topological polar surface area (TPSA) is 38.1 Å². The van der Waals surface area contributed by atoms with Crippen molar-refractivity contribution in [2.24, 2.45) is 0 Å². The van der Waals surface area contributed by atoms with Crippen LogP contribution in [0.3, 0.4) is 0 Å². The summed E-state index contributed by atoms with van der Waals surface area (Å²) in [7, 11) is 0. The first-order valence-corrected chi connectivity index (χ1v) is 3.94. The highest BCUT2D eigenvalue weighted by atomic mass is 16.4. The predicted molar refractivity (Wildman–Crippen MR) is 41.2 cm³/mol. The molecular formula is C8H12N2O. The Hall–Kier alpha value is -0.830. The van der Waals surface area contributed by atoms with Crippen LogP contribution in [-0.2, 0) is 13.0 Å². The Labute approximate surface area is 65.8 Å². The van der Waals surface area contributed by atoms with Gasteiger partial charge < -0.3 is 9.73 Å². The Morgan fingerprint density at radius 1 is 1.64 bits per heavy atom. The van der Waals surface area contributed by atoms with Gasteiger partial charge in [-0.05, 0) is 6.92 Å². The molecule has 0 fully saturated rings. The van der Waals surface area contributed by atoms with Crippen molar-refractivity contribution in [3.63, 3.8) is 0 Å². The zero-order valence-electron chi connectivity index (χ0n) is 6.85. The second kappa shape index (κ2) is 2.34. The number of nitrogens with one attached hydrogen (secondary N) is 1. The zero-order chi connectivity index (χ0) is 7.84. The molecule has 3 nitrogen and oxygen atoms in total. The molecule has 0 saturated carbocycles. The van der Waals surface area contributed by atoms with E-state index in [-0.39, 0.29) is 0 Å². The van der Waals surface area contributed by atoms with E-state index in [4.69, 9.17) is 4.42 Å². The van der Waals surface area contributed by atoms with Crippen LogP contribution >= 0.6 is 0 Å². The molecule has 0 amide bonds. The molecule has 2 rings (SSSR count). The number of hydrogen-bond acceptors (Lipinski definition) is 3. The fraction of sp³-hybridized carbons (Fsp3) is 0.625. The molecule has 3 heteroatoms. The number of aryl methyl sites for hydroxylation is 1. The van der Waals surface area contributed by atoms with Gasteiger partial charge in [-0.1, -0.05) is 0 Å². The summed E-state index contributed by atoms with van der Waals surface area (Å²) in [5.41, 5.74) is 1.13. The molecule has 0 aliphatic carbocycles. The highest BCUT2D eigenvalue weighted by Crippen LogP contribution is 2.16. The molecule has 1 N–H and O–H groups in total. The molecule has 2 heterocycles. The third kappa shape index (κ3) is 1.16. The summed E-state index contributed by atoms with van der Waals surface area (Å²) in [6, 6.07) is 0.534. The van der Waals surface area contributed by atoms with Crippen LogP contribution in [0.1, 0.15) is 24.3 Å². The van der Waals surface area contributed by atoms with Crippen LogP contribution < -0.4 is 5.32 Å². The van der Waals surface area contributed by atoms with Crippen LogP contribution in [-0.4, -0.2) is 11.0 Å². The Bertz CT molecular complexity index is 267. The maximum atomic E-state index is 5.38. The molecule has 11 heavy (non-hydrogen) atoms. The zero-order valence-corrected chi connectivity index (χ0v) is 6.85. The van der Waals surface area contributed by atoms with Gasteiger partial charge in [0.15, 0.2) is 5.89 Å². The molecular weight excluding hydrogens is 140 g/mol. The van der Waals surface area contributed by atoms with Crippen LogP contribution in [0.2, 0.25) is 0 Å². The molecule has 1 aliphatic heterocycles. The Kier molecular flexibility index (Phi) is 1.46. The van der Waals surface area contributed by atoms with Gasteiger partial charge in [0.05, 0.1) is 12.2 Å². The first-order chi connectivity index (χ1) is 5.25. The highest BCUT2D eigenvalue weighted by molar-refractivity contribution is 5.14. The van der Waals surface area contributed by atoms with Crippen molar-refractivity contribution in [2.75, 3.05) is 0 Å². The van der Waals surface area contributed by atoms with Crippen molar-refractivity contribution in [3.8, 4) is 0 Å². The van der Waals surface area contributed by atoms with Gasteiger partial charge in [0.1, 0.15) is 5.76 Å². The van der Waals surface area contributed by atoms with Crippen molar-refractivity contribution < 1.29 is 4.42 Å². The minimum absolute atomic E-state index is 0.534. The first kappa shape index (κ1) is 6.85. The maximum absolute atomic E-state index is 5.38. The van der Waals surface area contributed by atoms with Gasteiger partial charge in [0.25, 0.3) is 0 Å². The van der Waals surface area contributed by atoms with E-state index in [0.717, 1.165) is 30.3 Å². The van der Waals surface area contributed by atoms with Gasteiger partial charge in [-0.25, -0.2) is 4.98 Å². The molecule has 0 saturated heterocycles. The molecule has 1 aromatic heterocycles. The monoisotopic (exact) mass is 152 g/mol. The summed E-state index contributed by atoms with van der Waals surface area (Å²) in [5, 5.41) is 3.32. The molecule has 0 radical (unpaired) electrons. The lowest BCUT2D eigenvalue weighted by Crippen LogP contribution is -2.32. The van der Waals surface area contributed by atoms with E-state index in [2.05, 4.69) is 17.2 Å². The molecule has 0 aromatic carbocycles. The molecule has 1 aliphatic rings. The van der Waals surface area contributed by atoms with Gasteiger partial charge in [0.2, 0.25) is 0 Å². The Morgan fingerprint density at radius 3 is 3.27 bits per heavy atom. The van der Waals surface area contributed by atoms with E-state index in [1.54, 1.807) is 0 Å². The lowest BCUT2D eigenvalue weighted by Gasteiger charge is -2.16. The minimum Gasteiger partial charge on any atom is -0.444 e. The van der Waals surface area contributed by atoms with E-state index < -0.39 is 0 Å². The lowest BCUT2D eigenvalue weighted by atomic mass is 10.1. The van der Waals surface area contributed by atoms with E-state index in [9.17, 15) is 0 Å². The largest absolute Gasteiger partial charge is 0.444 e. The average Bonchev–Trinajstić information content (AvgIpc) is 2.27. The number of aromatic nitrogens is 1. The summed E-state index contributed by atoms with van der Waals surface area (Å²) in [5.74, 6) is 1.80. The number of oxazole rings is 1. The minimum atomic E-state index is 0.534. The van der Waals surface area contributed by atoms with Crippen LogP contribution in [0.15, 0.2) is 4.42 Å². The number of rotatable bonds is 0. The van der Waals surface area contributed by atoms with E-state index in [1.807, 2.05) is 6.92 Å². The predicted octanol–water partition coefficient (Wildman–Crippen LogP) is 1.02. The molecule has 1 atom stereocenters. The molecule has 0 spiro atoms. The molecule has 60 valence electrons. The average molecular weight is 152 g/mol. The van der Waals surface area contributed by atoms with Gasteiger partial charge in [-0.15, -0.1) is 0 Å². The fourth-order valence-corrected chi connectivity index (χ4v) is 1.44. The summed E-state index contributed by atoms with van der Waals surface area (Å²) < 4.78 is 5.38. The highest BCUT2D eigenvalue weighted by Gasteiger charge is 2.18. The second-order valence-corrected chi connectivity index (χ2v) is 3.09. The standard InChI is InChI=1S/C8H12N2O/c1-5-3-7-8(4-9-5)11-6(2)10-7/h5,9H,3-4H2,1-2H3. The summed E-state index contributed by atoms with van der Waals surface area (Å²) in [6.45, 7) is 4.88. The van der Waals surface area contributed by atoms with Gasteiger partial charge in [-0.3, -0.25) is 0 Å². The smallest absolute Gasteiger partial charge is 0.191 e. The van der Waals surface area contributed by atoms with Gasteiger partial charge in [0, 0.05) is 19.4 Å². The van der Waals surface area contributed by atoms with Crippen molar-refractivity contribution in [1.29, 1.82) is 0 Å². The Morgan fingerprint density at radius 2 is 2.45 bits per heavy atom. The van der Waals surface area contributed by atoms with Crippen molar-refractivity contribution in [3.05, 3.63) is 17.3 Å². The molecule has 1 unspecified atom stereocenters. The van der Waals surface area contributed by atoms with Gasteiger partial charge >= 0.3 is 0 Å². The third-order valence-corrected chi connectivity index (χ3v) is 2.00. The quantitative estimate of drug-likeness (QED) is 0.603. The van der Waals surface area contributed by atoms with E-state index >= 15 is 0 Å². The van der Waals surface area contributed by atoms with E-state index in [0.29, 0.717) is 6.04 Å². The normalized spacial score (nSPS) is 23.3. The van der Waals surface area contributed by atoms with Crippen LogP contribution in [0.25, 0.3) is 0 Å². The van der Waals surface area contributed by atoms with Gasteiger partial charge in [-0.2, -0.15) is 0 Å². The number of nitrogens with zero attached hydrogens (tertiary/aromatic N) is 1. The molecule has 1 aromatic rings. The lowest BCUT2D eigenvalue weighted by molar-refractivity contribution is 0.412. The summed E-state index contributed by atoms with van der Waals surface area (Å²) in [4.78, 5) is 4.29. The van der Waals surface area contributed by atoms with Crippen molar-refractivity contribution >= 4 is 0 Å².